The van der Waals surface area contributed by atoms with E-state index < -0.39 is 0 Å². The van der Waals surface area contributed by atoms with E-state index in [2.05, 4.69) is 98.8 Å². The first-order chi connectivity index (χ1) is 21.3. The van der Waals surface area contributed by atoms with Crippen molar-refractivity contribution in [2.45, 2.75) is 97.3 Å². The molecule has 0 radical (unpaired) electrons. The summed E-state index contributed by atoms with van der Waals surface area (Å²) in [4.78, 5) is 0. The van der Waals surface area contributed by atoms with E-state index in [9.17, 15) is 0 Å². The Morgan fingerprint density at radius 3 is 1.58 bits per heavy atom. The molecule has 0 saturated carbocycles. The number of unbranched alkanes of at least 4 members (excludes halogenated alkanes) is 10. The highest BCUT2D eigenvalue weighted by Gasteiger charge is 2.24. The van der Waals surface area contributed by atoms with Crippen molar-refractivity contribution in [3.05, 3.63) is 96.1 Å². The maximum absolute atomic E-state index is 6.13. The minimum atomic E-state index is 0.792. The molecule has 0 aromatic heterocycles. The molecule has 0 spiro atoms. The molecule has 0 atom stereocenters. The number of benzene rings is 4. The Morgan fingerprint density at radius 1 is 0.465 bits per heavy atom. The topological polar surface area (TPSA) is 18.5 Å². The van der Waals surface area contributed by atoms with Crippen LogP contribution in [-0.2, 0) is 6.42 Å². The Kier molecular flexibility index (Phi) is 11.8. The van der Waals surface area contributed by atoms with Crippen molar-refractivity contribution in [1.82, 2.24) is 0 Å². The van der Waals surface area contributed by atoms with Gasteiger partial charge in [0.15, 0.2) is 0 Å². The lowest BCUT2D eigenvalue weighted by atomic mass is 9.88. The largest absolute Gasteiger partial charge is 0.494 e. The maximum Gasteiger partial charge on any atom is 0.119 e. The summed E-state index contributed by atoms with van der Waals surface area (Å²) in [5, 5.41) is 0. The van der Waals surface area contributed by atoms with Gasteiger partial charge in [-0.3, -0.25) is 0 Å². The van der Waals surface area contributed by atoms with Gasteiger partial charge in [0.2, 0.25) is 0 Å². The van der Waals surface area contributed by atoms with Crippen molar-refractivity contribution < 1.29 is 9.47 Å². The first-order valence-corrected chi connectivity index (χ1v) is 17.0. The van der Waals surface area contributed by atoms with Crippen molar-refractivity contribution in [3.8, 4) is 44.9 Å². The fourth-order valence-electron chi connectivity index (χ4n) is 6.38. The van der Waals surface area contributed by atoms with Gasteiger partial charge in [-0.25, -0.2) is 0 Å². The molecule has 2 heteroatoms. The number of ether oxygens (including phenoxy) is 2. The van der Waals surface area contributed by atoms with E-state index in [0.717, 1.165) is 44.0 Å². The fraction of sp³-hybridized carbons (Fsp3) is 0.415. The first kappa shape index (κ1) is 30.9. The van der Waals surface area contributed by atoms with Crippen molar-refractivity contribution >= 4 is 0 Å². The van der Waals surface area contributed by atoms with Crippen molar-refractivity contribution in [2.24, 2.45) is 0 Å². The third-order valence-corrected chi connectivity index (χ3v) is 8.83. The SMILES string of the molecule is CCCCCCCCOc1ccc(-c2ccc3c(c2-c2ccc(OCCCCCCCC)cc2)Cc2ccccc2-3)cc1. The van der Waals surface area contributed by atoms with Crippen LogP contribution in [0.25, 0.3) is 33.4 Å². The van der Waals surface area contributed by atoms with E-state index in [0.29, 0.717) is 0 Å². The molecule has 226 valence electrons. The molecule has 0 heterocycles. The summed E-state index contributed by atoms with van der Waals surface area (Å²) in [6, 6.07) is 31.0. The molecule has 0 unspecified atom stereocenters. The monoisotopic (exact) mass is 574 g/mol. The zero-order chi connectivity index (χ0) is 29.7. The molecule has 4 aromatic carbocycles. The highest BCUT2D eigenvalue weighted by atomic mass is 16.5. The molecular weight excluding hydrogens is 524 g/mol. The third kappa shape index (κ3) is 8.31. The molecule has 0 saturated heterocycles. The van der Waals surface area contributed by atoms with Gasteiger partial charge in [-0.05, 0) is 88.0 Å². The van der Waals surface area contributed by atoms with E-state index in [4.69, 9.17) is 9.47 Å². The second-order valence-corrected chi connectivity index (χ2v) is 12.1. The molecule has 1 aliphatic rings. The minimum absolute atomic E-state index is 0.792. The van der Waals surface area contributed by atoms with Gasteiger partial charge in [0, 0.05) is 0 Å². The summed E-state index contributed by atoms with van der Waals surface area (Å²) >= 11 is 0. The smallest absolute Gasteiger partial charge is 0.119 e. The number of hydrogen-bond acceptors (Lipinski definition) is 2. The highest BCUT2D eigenvalue weighted by Crippen LogP contribution is 2.46. The second kappa shape index (κ2) is 16.4. The van der Waals surface area contributed by atoms with E-state index in [1.54, 1.807) is 0 Å². The molecule has 4 aromatic rings. The normalized spacial score (nSPS) is 11.8. The maximum atomic E-state index is 6.13. The summed E-state index contributed by atoms with van der Waals surface area (Å²) in [5.41, 5.74) is 10.6. The first-order valence-electron chi connectivity index (χ1n) is 17.0. The standard InChI is InChI=1S/C41H50O2/c1-3-5-7-9-11-15-29-42-35-23-19-32(20-24-35)38-27-28-39-37-18-14-13-17-34(37)31-40(39)41(38)33-21-25-36(26-22-33)43-30-16-12-10-8-6-4-2/h13-14,17-28H,3-12,15-16,29-31H2,1-2H3. The average Bonchev–Trinajstić information content (AvgIpc) is 3.43. The summed E-state index contributed by atoms with van der Waals surface area (Å²) in [6.07, 6.45) is 16.3. The summed E-state index contributed by atoms with van der Waals surface area (Å²) < 4.78 is 12.2. The van der Waals surface area contributed by atoms with Gasteiger partial charge in [0.25, 0.3) is 0 Å². The zero-order valence-corrected chi connectivity index (χ0v) is 26.5. The minimum Gasteiger partial charge on any atom is -0.494 e. The van der Waals surface area contributed by atoms with Gasteiger partial charge < -0.3 is 9.47 Å². The van der Waals surface area contributed by atoms with Gasteiger partial charge in [-0.15, -0.1) is 0 Å². The molecule has 0 aliphatic heterocycles. The van der Waals surface area contributed by atoms with Gasteiger partial charge in [0.05, 0.1) is 13.2 Å². The predicted octanol–water partition coefficient (Wildman–Crippen LogP) is 12.1. The Hall–Kier alpha value is -3.52. The van der Waals surface area contributed by atoms with E-state index >= 15 is 0 Å². The zero-order valence-electron chi connectivity index (χ0n) is 26.5. The molecule has 0 N–H and O–H groups in total. The van der Waals surface area contributed by atoms with Crippen molar-refractivity contribution in [1.29, 1.82) is 0 Å². The van der Waals surface area contributed by atoms with E-state index in [-0.39, 0.29) is 0 Å². The molecule has 43 heavy (non-hydrogen) atoms. The van der Waals surface area contributed by atoms with Crippen LogP contribution in [0.4, 0.5) is 0 Å². The quantitative estimate of drug-likeness (QED) is 0.0969. The summed E-state index contributed by atoms with van der Waals surface area (Å²) in [5.74, 6) is 1.92. The summed E-state index contributed by atoms with van der Waals surface area (Å²) in [6.45, 7) is 6.11. The van der Waals surface area contributed by atoms with Crippen molar-refractivity contribution in [2.75, 3.05) is 13.2 Å². The van der Waals surface area contributed by atoms with Gasteiger partial charge in [0.1, 0.15) is 11.5 Å². The lowest BCUT2D eigenvalue weighted by molar-refractivity contribution is 0.304. The van der Waals surface area contributed by atoms with Crippen LogP contribution in [0.3, 0.4) is 0 Å². The molecular formula is C41H50O2. The van der Waals surface area contributed by atoms with Crippen LogP contribution in [-0.4, -0.2) is 13.2 Å². The Morgan fingerprint density at radius 2 is 0.977 bits per heavy atom. The lowest BCUT2D eigenvalue weighted by Crippen LogP contribution is -1.98. The molecule has 1 aliphatic carbocycles. The number of rotatable bonds is 18. The Bertz CT molecular complexity index is 1400. The highest BCUT2D eigenvalue weighted by molar-refractivity contribution is 5.93. The van der Waals surface area contributed by atoms with Crippen molar-refractivity contribution in [3.63, 3.8) is 0 Å². The van der Waals surface area contributed by atoms with Crippen LogP contribution >= 0.6 is 0 Å². The molecule has 0 amide bonds. The fourth-order valence-corrected chi connectivity index (χ4v) is 6.38. The summed E-state index contributed by atoms with van der Waals surface area (Å²) in [7, 11) is 0. The van der Waals surface area contributed by atoms with Gasteiger partial charge >= 0.3 is 0 Å². The van der Waals surface area contributed by atoms with Crippen LogP contribution in [0.2, 0.25) is 0 Å². The van der Waals surface area contributed by atoms with Crippen LogP contribution in [0.5, 0.6) is 11.5 Å². The third-order valence-electron chi connectivity index (χ3n) is 8.83. The Labute approximate surface area is 260 Å². The predicted molar refractivity (Wildman–Crippen MR) is 183 cm³/mol. The lowest BCUT2D eigenvalue weighted by Gasteiger charge is -2.17. The van der Waals surface area contributed by atoms with Crippen LogP contribution in [0.15, 0.2) is 84.9 Å². The van der Waals surface area contributed by atoms with Gasteiger partial charge in [-0.1, -0.05) is 139 Å². The van der Waals surface area contributed by atoms with Crippen LogP contribution < -0.4 is 9.47 Å². The molecule has 0 fully saturated rings. The van der Waals surface area contributed by atoms with Crippen LogP contribution in [0, 0.1) is 0 Å². The van der Waals surface area contributed by atoms with E-state index in [1.807, 2.05) is 0 Å². The average molecular weight is 575 g/mol. The van der Waals surface area contributed by atoms with E-state index in [1.165, 1.54) is 109 Å². The Balaban J connectivity index is 1.31. The molecule has 0 bridgehead atoms. The molecule has 2 nitrogen and oxygen atoms in total. The molecule has 5 rings (SSSR count). The van der Waals surface area contributed by atoms with Gasteiger partial charge in [-0.2, -0.15) is 0 Å². The van der Waals surface area contributed by atoms with Crippen LogP contribution in [0.1, 0.15) is 102 Å². The number of fused-ring (bicyclic) bond motifs is 3. The second-order valence-electron chi connectivity index (χ2n) is 12.1. The number of hydrogen-bond donors (Lipinski definition) is 0.